The van der Waals surface area contributed by atoms with Gasteiger partial charge in [-0.25, -0.2) is 9.78 Å². The first-order valence-corrected chi connectivity index (χ1v) is 9.46. The monoisotopic (exact) mass is 387 g/mol. The molecule has 0 fully saturated rings. The molecule has 0 unspecified atom stereocenters. The molecule has 142 valence electrons. The number of hydrogen-bond acceptors (Lipinski definition) is 8. The minimum atomic E-state index is -0.351. The average Bonchev–Trinajstić information content (AvgIpc) is 3.30. The van der Waals surface area contributed by atoms with E-state index in [-0.39, 0.29) is 5.97 Å². The molecule has 0 radical (unpaired) electrons. The predicted octanol–water partition coefficient (Wildman–Crippen LogP) is 3.31. The lowest BCUT2D eigenvalue weighted by atomic mass is 10.2. The van der Waals surface area contributed by atoms with Crippen LogP contribution < -0.4 is 4.74 Å². The molecule has 27 heavy (non-hydrogen) atoms. The van der Waals surface area contributed by atoms with Crippen LogP contribution in [0.1, 0.15) is 36.1 Å². The fourth-order valence-corrected chi connectivity index (χ4v) is 3.34. The van der Waals surface area contributed by atoms with E-state index in [2.05, 4.69) is 34.4 Å². The molecule has 0 saturated carbocycles. The summed E-state index contributed by atoms with van der Waals surface area (Å²) >= 11 is 1.30. The average molecular weight is 387 g/mol. The Morgan fingerprint density at radius 2 is 2.15 bits per heavy atom. The smallest absolute Gasteiger partial charge is 0.350 e. The Morgan fingerprint density at radius 3 is 2.81 bits per heavy atom. The molecule has 0 N–H and O–H groups in total. The summed E-state index contributed by atoms with van der Waals surface area (Å²) in [5, 5.41) is 12.1. The van der Waals surface area contributed by atoms with E-state index >= 15 is 0 Å². The number of rotatable bonds is 7. The highest BCUT2D eigenvalue weighted by Crippen LogP contribution is 2.33. The Morgan fingerprint density at radius 1 is 1.33 bits per heavy atom. The predicted molar refractivity (Wildman–Crippen MR) is 101 cm³/mol. The summed E-state index contributed by atoms with van der Waals surface area (Å²) in [7, 11) is 0. The Kier molecular flexibility index (Phi) is 5.80. The summed E-state index contributed by atoms with van der Waals surface area (Å²) in [5.41, 5.74) is 2.21. The van der Waals surface area contributed by atoms with Crippen LogP contribution in [0.3, 0.4) is 0 Å². The van der Waals surface area contributed by atoms with Crippen LogP contribution in [0.5, 0.6) is 5.75 Å². The molecule has 9 heteroatoms. The summed E-state index contributed by atoms with van der Waals surface area (Å²) in [6.45, 7) is 8.66. The van der Waals surface area contributed by atoms with E-state index < -0.39 is 0 Å². The lowest BCUT2D eigenvalue weighted by molar-refractivity contribution is 0.0531. The summed E-state index contributed by atoms with van der Waals surface area (Å²) in [6.07, 6.45) is 1.51. The third kappa shape index (κ3) is 4.30. The zero-order valence-electron chi connectivity index (χ0n) is 15.7. The maximum absolute atomic E-state index is 12.1. The highest BCUT2D eigenvalue weighted by atomic mass is 32.1. The molecule has 0 aliphatic carbocycles. The molecule has 2 aromatic heterocycles. The van der Waals surface area contributed by atoms with Gasteiger partial charge in [0.05, 0.1) is 18.9 Å². The van der Waals surface area contributed by atoms with Crippen LogP contribution in [0.2, 0.25) is 0 Å². The highest BCUT2D eigenvalue weighted by molar-refractivity contribution is 7.17. The van der Waals surface area contributed by atoms with E-state index in [1.54, 1.807) is 18.5 Å². The van der Waals surface area contributed by atoms with Crippen LogP contribution in [0.4, 0.5) is 0 Å². The first-order valence-electron chi connectivity index (χ1n) is 8.64. The van der Waals surface area contributed by atoms with Gasteiger partial charge in [-0.3, -0.25) is 0 Å². The van der Waals surface area contributed by atoms with Gasteiger partial charge < -0.3 is 9.47 Å². The number of benzene rings is 1. The molecule has 0 atom stereocenters. The Labute approximate surface area is 161 Å². The van der Waals surface area contributed by atoms with E-state index in [1.807, 2.05) is 18.2 Å². The quantitative estimate of drug-likeness (QED) is 0.574. The van der Waals surface area contributed by atoms with Crippen molar-refractivity contribution >= 4 is 17.3 Å². The molecule has 0 spiro atoms. The topological polar surface area (TPSA) is 92.0 Å². The molecular formula is C18H21N5O3S. The fourth-order valence-electron chi connectivity index (χ4n) is 2.39. The number of nitrogens with zero attached hydrogens (tertiary/aromatic N) is 5. The minimum Gasteiger partial charge on any atom is -0.491 e. The second kappa shape index (κ2) is 8.26. The maximum atomic E-state index is 12.1. The summed E-state index contributed by atoms with van der Waals surface area (Å²) in [5.74, 6) is 0.718. The molecule has 0 bridgehead atoms. The summed E-state index contributed by atoms with van der Waals surface area (Å²) in [4.78, 5) is 17.1. The highest BCUT2D eigenvalue weighted by Gasteiger charge is 2.19. The van der Waals surface area contributed by atoms with E-state index in [1.165, 1.54) is 17.7 Å². The van der Waals surface area contributed by atoms with Crippen molar-refractivity contribution in [3.05, 3.63) is 35.1 Å². The molecule has 0 amide bonds. The molecule has 1 aromatic carbocycles. The van der Waals surface area contributed by atoms with E-state index in [4.69, 9.17) is 9.47 Å². The number of tetrazole rings is 1. The Hall–Kier alpha value is -2.81. The van der Waals surface area contributed by atoms with Crippen molar-refractivity contribution in [3.8, 4) is 22.0 Å². The number of aromatic nitrogens is 5. The van der Waals surface area contributed by atoms with Crippen molar-refractivity contribution in [2.24, 2.45) is 5.92 Å². The van der Waals surface area contributed by atoms with Crippen LogP contribution >= 0.6 is 11.3 Å². The summed E-state index contributed by atoms with van der Waals surface area (Å²) in [6, 6.07) is 5.69. The molecule has 3 rings (SSSR count). The maximum Gasteiger partial charge on any atom is 0.350 e. The van der Waals surface area contributed by atoms with Crippen molar-refractivity contribution in [3.63, 3.8) is 0 Å². The number of esters is 1. The van der Waals surface area contributed by atoms with Crippen LogP contribution in [-0.2, 0) is 4.74 Å². The zero-order chi connectivity index (χ0) is 19.4. The van der Waals surface area contributed by atoms with Crippen LogP contribution in [0.25, 0.3) is 16.3 Å². The van der Waals surface area contributed by atoms with Gasteiger partial charge in [0.25, 0.3) is 0 Å². The fraction of sp³-hybridized carbons (Fsp3) is 0.389. The third-order valence-corrected chi connectivity index (χ3v) is 4.82. The number of aryl methyl sites for hydroxylation is 1. The molecule has 0 aliphatic heterocycles. The molecular weight excluding hydrogens is 366 g/mol. The van der Waals surface area contributed by atoms with Crippen LogP contribution in [-0.4, -0.2) is 44.4 Å². The second-order valence-electron chi connectivity index (χ2n) is 6.30. The number of hydrogen-bond donors (Lipinski definition) is 0. The number of thiazole rings is 1. The zero-order valence-corrected chi connectivity index (χ0v) is 16.5. The van der Waals surface area contributed by atoms with Gasteiger partial charge in [-0.2, -0.15) is 4.68 Å². The molecule has 3 aromatic rings. The number of ether oxygens (including phenoxy) is 2. The summed E-state index contributed by atoms with van der Waals surface area (Å²) < 4.78 is 12.5. The Balaban J connectivity index is 1.99. The van der Waals surface area contributed by atoms with E-state index in [9.17, 15) is 4.79 Å². The molecule has 0 saturated heterocycles. The first-order chi connectivity index (χ1) is 13.0. The van der Waals surface area contributed by atoms with Crippen molar-refractivity contribution in [2.75, 3.05) is 13.2 Å². The van der Waals surface area contributed by atoms with Crippen molar-refractivity contribution < 1.29 is 14.3 Å². The molecule has 8 nitrogen and oxygen atoms in total. The van der Waals surface area contributed by atoms with Gasteiger partial charge in [0.1, 0.15) is 27.6 Å². The van der Waals surface area contributed by atoms with Gasteiger partial charge in [0.15, 0.2) is 0 Å². The first kappa shape index (κ1) is 19.0. The van der Waals surface area contributed by atoms with E-state index in [0.29, 0.717) is 41.1 Å². The van der Waals surface area contributed by atoms with Gasteiger partial charge in [0, 0.05) is 5.56 Å². The lowest BCUT2D eigenvalue weighted by Gasteiger charge is -2.13. The van der Waals surface area contributed by atoms with Crippen molar-refractivity contribution in [1.82, 2.24) is 25.2 Å². The normalized spacial score (nSPS) is 11.0. The SMILES string of the molecule is CCOC(=O)c1sc(-c2ccc(OCC(C)C)c(-n3cnnn3)c2)nc1C. The minimum absolute atomic E-state index is 0.330. The molecule has 2 heterocycles. The number of carbonyl (C=O) groups excluding carboxylic acids is 1. The Bertz CT molecular complexity index is 921. The van der Waals surface area contributed by atoms with Crippen LogP contribution in [0.15, 0.2) is 24.5 Å². The molecule has 0 aliphatic rings. The standard InChI is InChI=1S/C18H21N5O3S/c1-5-25-18(24)16-12(4)20-17(27-16)13-6-7-15(26-9-11(2)3)14(8-13)23-10-19-21-22-23/h6-8,10-11H,5,9H2,1-4H3. The van der Waals surface area contributed by atoms with Gasteiger partial charge in [0.2, 0.25) is 0 Å². The van der Waals surface area contributed by atoms with Crippen LogP contribution in [0, 0.1) is 12.8 Å². The van der Waals surface area contributed by atoms with Gasteiger partial charge in [-0.05, 0) is 48.4 Å². The van der Waals surface area contributed by atoms with Gasteiger partial charge >= 0.3 is 5.97 Å². The lowest BCUT2D eigenvalue weighted by Crippen LogP contribution is -2.07. The van der Waals surface area contributed by atoms with Crippen molar-refractivity contribution in [1.29, 1.82) is 0 Å². The van der Waals surface area contributed by atoms with Crippen molar-refractivity contribution in [2.45, 2.75) is 27.7 Å². The second-order valence-corrected chi connectivity index (χ2v) is 7.29. The van der Waals surface area contributed by atoms with E-state index in [0.717, 1.165) is 10.6 Å². The number of carbonyl (C=O) groups is 1. The van der Waals surface area contributed by atoms with Gasteiger partial charge in [-0.15, -0.1) is 16.4 Å². The third-order valence-electron chi connectivity index (χ3n) is 3.63. The largest absolute Gasteiger partial charge is 0.491 e. The van der Waals surface area contributed by atoms with Gasteiger partial charge in [-0.1, -0.05) is 13.8 Å².